The maximum atomic E-state index is 12.3. The Labute approximate surface area is 123 Å². The summed E-state index contributed by atoms with van der Waals surface area (Å²) in [6.45, 7) is 6.91. The van der Waals surface area contributed by atoms with Gasteiger partial charge in [-0.3, -0.25) is 9.69 Å². The second-order valence-corrected chi connectivity index (χ2v) is 6.77. The van der Waals surface area contributed by atoms with Gasteiger partial charge in [-0.2, -0.15) is 0 Å². The lowest BCUT2D eigenvalue weighted by molar-refractivity contribution is -0.122. The van der Waals surface area contributed by atoms with E-state index in [1.165, 1.54) is 17.3 Å². The van der Waals surface area contributed by atoms with Crippen molar-refractivity contribution < 1.29 is 4.79 Å². The maximum Gasteiger partial charge on any atom is 0.266 e. The lowest BCUT2D eigenvalue weighted by atomic mass is 10.1. The average Bonchev–Trinajstić information content (AvgIpc) is 2.60. The number of carbonyl (C=O) groups is 1. The number of hydrogen-bond donors (Lipinski definition) is 0. The van der Waals surface area contributed by atoms with Crippen LogP contribution >= 0.6 is 24.0 Å². The number of rotatable bonds is 3. The summed E-state index contributed by atoms with van der Waals surface area (Å²) < 4.78 is 0.664. The molecule has 1 heterocycles. The summed E-state index contributed by atoms with van der Waals surface area (Å²) in [6, 6.07) is 8.12. The largest absolute Gasteiger partial charge is 0.293 e. The van der Waals surface area contributed by atoms with E-state index in [4.69, 9.17) is 12.2 Å². The summed E-state index contributed by atoms with van der Waals surface area (Å²) in [4.78, 5) is 14.7. The van der Waals surface area contributed by atoms with Crippen LogP contribution in [-0.4, -0.2) is 21.7 Å². The van der Waals surface area contributed by atoms with Crippen LogP contribution in [0.2, 0.25) is 0 Å². The number of hydrogen-bond acceptors (Lipinski definition) is 3. The second kappa shape index (κ2) is 5.88. The Morgan fingerprint density at radius 2 is 1.95 bits per heavy atom. The number of thioether (sulfide) groups is 1. The lowest BCUT2D eigenvalue weighted by Crippen LogP contribution is -2.31. The van der Waals surface area contributed by atoms with Gasteiger partial charge in [-0.05, 0) is 24.5 Å². The molecule has 1 aromatic rings. The second-order valence-electron chi connectivity index (χ2n) is 5.10. The molecule has 1 aliphatic heterocycles. The van der Waals surface area contributed by atoms with Crippen molar-refractivity contribution in [3.63, 3.8) is 0 Å². The molecule has 2 nitrogen and oxygen atoms in total. The van der Waals surface area contributed by atoms with Crippen molar-refractivity contribution in [2.75, 3.05) is 6.54 Å². The number of amides is 1. The van der Waals surface area contributed by atoms with E-state index in [-0.39, 0.29) is 5.91 Å². The standard InChI is InChI=1S/C15H17NOS2/c1-10(2)9-16-14(17)13(19-15(16)18)8-12-6-4-11(3)5-7-12/h4-8,10H,9H2,1-3H3/b13-8+. The predicted molar refractivity (Wildman–Crippen MR) is 85.9 cm³/mol. The highest BCUT2D eigenvalue weighted by Crippen LogP contribution is 2.32. The van der Waals surface area contributed by atoms with Gasteiger partial charge >= 0.3 is 0 Å². The van der Waals surface area contributed by atoms with E-state index in [1.807, 2.05) is 37.3 Å². The van der Waals surface area contributed by atoms with Crippen molar-refractivity contribution >= 4 is 40.3 Å². The zero-order valence-electron chi connectivity index (χ0n) is 11.3. The van der Waals surface area contributed by atoms with Gasteiger partial charge in [-0.1, -0.05) is 67.7 Å². The highest BCUT2D eigenvalue weighted by Gasteiger charge is 2.32. The molecule has 0 radical (unpaired) electrons. The van der Waals surface area contributed by atoms with Crippen LogP contribution in [0.15, 0.2) is 29.2 Å². The van der Waals surface area contributed by atoms with Crippen LogP contribution < -0.4 is 0 Å². The van der Waals surface area contributed by atoms with Crippen LogP contribution in [0.4, 0.5) is 0 Å². The fraction of sp³-hybridized carbons (Fsp3) is 0.333. The quantitative estimate of drug-likeness (QED) is 0.623. The van der Waals surface area contributed by atoms with Gasteiger partial charge in [-0.15, -0.1) is 0 Å². The van der Waals surface area contributed by atoms with E-state index in [9.17, 15) is 4.79 Å². The minimum Gasteiger partial charge on any atom is -0.293 e. The van der Waals surface area contributed by atoms with E-state index in [0.29, 0.717) is 16.8 Å². The molecule has 0 unspecified atom stereocenters. The number of benzene rings is 1. The van der Waals surface area contributed by atoms with E-state index in [2.05, 4.69) is 13.8 Å². The molecule has 1 aromatic carbocycles. The molecule has 2 rings (SSSR count). The zero-order valence-corrected chi connectivity index (χ0v) is 13.0. The van der Waals surface area contributed by atoms with Gasteiger partial charge in [0.15, 0.2) is 0 Å². The number of carbonyl (C=O) groups excluding carboxylic acids is 1. The van der Waals surface area contributed by atoms with Gasteiger partial charge in [-0.25, -0.2) is 0 Å². The van der Waals surface area contributed by atoms with Gasteiger partial charge in [0.1, 0.15) is 4.32 Å². The van der Waals surface area contributed by atoms with Gasteiger partial charge in [0, 0.05) is 6.54 Å². The monoisotopic (exact) mass is 291 g/mol. The van der Waals surface area contributed by atoms with Gasteiger partial charge in [0.2, 0.25) is 0 Å². The smallest absolute Gasteiger partial charge is 0.266 e. The minimum absolute atomic E-state index is 0.0317. The molecule has 0 aromatic heterocycles. The highest BCUT2D eigenvalue weighted by atomic mass is 32.2. The first-order valence-electron chi connectivity index (χ1n) is 6.29. The van der Waals surface area contributed by atoms with Gasteiger partial charge in [0.25, 0.3) is 5.91 Å². The Kier molecular flexibility index (Phi) is 4.42. The normalized spacial score (nSPS) is 17.9. The van der Waals surface area contributed by atoms with Gasteiger partial charge in [0.05, 0.1) is 4.91 Å². The molecule has 0 spiro atoms. The number of thiocarbonyl (C=S) groups is 1. The molecule has 0 aliphatic carbocycles. The van der Waals surface area contributed by atoms with E-state index >= 15 is 0 Å². The highest BCUT2D eigenvalue weighted by molar-refractivity contribution is 8.26. The Hall–Kier alpha value is -1.13. The molecular weight excluding hydrogens is 274 g/mol. The number of aryl methyl sites for hydroxylation is 1. The van der Waals surface area contributed by atoms with Gasteiger partial charge < -0.3 is 0 Å². The first-order chi connectivity index (χ1) is 8.97. The zero-order chi connectivity index (χ0) is 14.0. The molecule has 1 aliphatic rings. The van der Waals surface area contributed by atoms with Crippen LogP contribution in [-0.2, 0) is 4.79 Å². The summed E-state index contributed by atoms with van der Waals surface area (Å²) in [5.41, 5.74) is 2.25. The van der Waals surface area contributed by atoms with Crippen molar-refractivity contribution in [3.8, 4) is 0 Å². The van der Waals surface area contributed by atoms with Crippen LogP contribution in [0.5, 0.6) is 0 Å². The van der Waals surface area contributed by atoms with Crippen molar-refractivity contribution in [1.29, 1.82) is 0 Å². The third-order valence-corrected chi connectivity index (χ3v) is 4.17. The Morgan fingerprint density at radius 1 is 1.32 bits per heavy atom. The van der Waals surface area contributed by atoms with Crippen molar-refractivity contribution in [2.24, 2.45) is 5.92 Å². The van der Waals surface area contributed by atoms with E-state index < -0.39 is 0 Å². The van der Waals surface area contributed by atoms with Crippen molar-refractivity contribution in [2.45, 2.75) is 20.8 Å². The maximum absolute atomic E-state index is 12.3. The Morgan fingerprint density at radius 3 is 2.53 bits per heavy atom. The van der Waals surface area contributed by atoms with E-state index in [1.54, 1.807) is 4.90 Å². The molecular formula is C15H17NOS2. The fourth-order valence-corrected chi connectivity index (χ4v) is 3.11. The summed E-state index contributed by atoms with van der Waals surface area (Å²) in [5.74, 6) is 0.450. The summed E-state index contributed by atoms with van der Waals surface area (Å²) >= 11 is 6.67. The molecule has 0 atom stereocenters. The Bertz CT molecular complexity index is 532. The molecule has 0 saturated carbocycles. The summed E-state index contributed by atoms with van der Waals surface area (Å²) in [5, 5.41) is 0. The number of nitrogens with zero attached hydrogens (tertiary/aromatic N) is 1. The fourth-order valence-electron chi connectivity index (χ4n) is 1.84. The third kappa shape index (κ3) is 3.45. The molecule has 1 amide bonds. The first kappa shape index (κ1) is 14.3. The van der Waals surface area contributed by atoms with Crippen LogP contribution in [0, 0.1) is 12.8 Å². The molecule has 4 heteroatoms. The Balaban J connectivity index is 2.20. The average molecular weight is 291 g/mol. The molecule has 100 valence electrons. The SMILES string of the molecule is Cc1ccc(/C=C2/SC(=S)N(CC(C)C)C2=O)cc1. The van der Waals surface area contributed by atoms with Crippen molar-refractivity contribution in [1.82, 2.24) is 4.90 Å². The third-order valence-electron chi connectivity index (χ3n) is 2.80. The first-order valence-corrected chi connectivity index (χ1v) is 7.52. The van der Waals surface area contributed by atoms with Crippen molar-refractivity contribution in [3.05, 3.63) is 40.3 Å². The molecule has 19 heavy (non-hydrogen) atoms. The van der Waals surface area contributed by atoms with Crippen LogP contribution in [0.25, 0.3) is 6.08 Å². The molecule has 1 saturated heterocycles. The summed E-state index contributed by atoms with van der Waals surface area (Å²) in [7, 11) is 0. The molecule has 0 N–H and O–H groups in total. The molecule has 0 bridgehead atoms. The minimum atomic E-state index is 0.0317. The van der Waals surface area contributed by atoms with E-state index in [0.717, 1.165) is 10.5 Å². The topological polar surface area (TPSA) is 20.3 Å². The predicted octanol–water partition coefficient (Wildman–Crippen LogP) is 3.85. The summed E-state index contributed by atoms with van der Waals surface area (Å²) in [6.07, 6.45) is 1.92. The van der Waals surface area contributed by atoms with Crippen LogP contribution in [0.3, 0.4) is 0 Å². The molecule has 1 fully saturated rings. The van der Waals surface area contributed by atoms with Crippen LogP contribution in [0.1, 0.15) is 25.0 Å². The lowest BCUT2D eigenvalue weighted by Gasteiger charge is -2.16.